The van der Waals surface area contributed by atoms with E-state index in [1.54, 1.807) is 0 Å². The molecular weight excluding hydrogens is 332 g/mol. The van der Waals surface area contributed by atoms with Crippen molar-refractivity contribution in [2.75, 3.05) is 18.4 Å². The number of nitrogens with zero attached hydrogens (tertiary/aromatic N) is 1. The molecule has 4 nitrogen and oxygen atoms in total. The first kappa shape index (κ1) is 16.3. The summed E-state index contributed by atoms with van der Waals surface area (Å²) in [5.74, 6) is -0.756. The third-order valence-corrected chi connectivity index (χ3v) is 4.72. The van der Waals surface area contributed by atoms with E-state index < -0.39 is 11.5 Å². The summed E-state index contributed by atoms with van der Waals surface area (Å²) in [6.45, 7) is 6.10. The molecule has 0 radical (unpaired) electrons. The molecule has 0 bridgehead atoms. The summed E-state index contributed by atoms with van der Waals surface area (Å²) in [5, 5.41) is 13.1. The fourth-order valence-corrected chi connectivity index (χ4v) is 3.31. The topological polar surface area (TPSA) is 52.6 Å². The van der Waals surface area contributed by atoms with Crippen molar-refractivity contribution in [2.24, 2.45) is 0 Å². The number of nitrogens with one attached hydrogen (secondary N) is 1. The Morgan fingerprint density at radius 2 is 2.14 bits per heavy atom. The van der Waals surface area contributed by atoms with Gasteiger partial charge in [-0.1, -0.05) is 22.0 Å². The number of aliphatic carboxylic acids is 1. The zero-order valence-electron chi connectivity index (χ0n) is 12.6. The van der Waals surface area contributed by atoms with Crippen LogP contribution in [0.5, 0.6) is 0 Å². The van der Waals surface area contributed by atoms with Crippen molar-refractivity contribution in [2.45, 2.75) is 44.7 Å². The van der Waals surface area contributed by atoms with Crippen molar-refractivity contribution in [3.63, 3.8) is 0 Å². The highest BCUT2D eigenvalue weighted by Gasteiger charge is 2.40. The van der Waals surface area contributed by atoms with E-state index in [1.165, 1.54) is 0 Å². The van der Waals surface area contributed by atoms with Gasteiger partial charge in [0.1, 0.15) is 5.54 Å². The molecule has 1 atom stereocenters. The van der Waals surface area contributed by atoms with Gasteiger partial charge in [0.25, 0.3) is 0 Å². The predicted molar refractivity (Wildman–Crippen MR) is 88.7 cm³/mol. The molecule has 1 fully saturated rings. The van der Waals surface area contributed by atoms with E-state index >= 15 is 0 Å². The van der Waals surface area contributed by atoms with Crippen LogP contribution in [0.4, 0.5) is 5.69 Å². The molecule has 1 aliphatic rings. The monoisotopic (exact) mass is 354 g/mol. The average Bonchev–Trinajstić information content (AvgIpc) is 2.62. The molecule has 0 aromatic heterocycles. The molecule has 0 spiro atoms. The maximum absolute atomic E-state index is 11.9. The van der Waals surface area contributed by atoms with Gasteiger partial charge < -0.3 is 15.3 Å². The number of likely N-dealkylation sites (tertiary alicyclic amines) is 1. The van der Waals surface area contributed by atoms with Gasteiger partial charge >= 0.3 is 5.97 Å². The van der Waals surface area contributed by atoms with E-state index in [-0.39, 0.29) is 0 Å². The zero-order valence-corrected chi connectivity index (χ0v) is 14.2. The van der Waals surface area contributed by atoms with Crippen LogP contribution in [0, 0.1) is 0 Å². The van der Waals surface area contributed by atoms with Crippen LogP contribution in [-0.4, -0.2) is 40.6 Å². The van der Waals surface area contributed by atoms with Gasteiger partial charge in [-0.15, -0.1) is 0 Å². The van der Waals surface area contributed by atoms with Gasteiger partial charge in [0.2, 0.25) is 0 Å². The zero-order chi connectivity index (χ0) is 15.5. The maximum Gasteiger partial charge on any atom is 0.329 e. The summed E-state index contributed by atoms with van der Waals surface area (Å²) >= 11 is 3.43. The maximum atomic E-state index is 11.9. The van der Waals surface area contributed by atoms with E-state index in [0.717, 1.165) is 29.7 Å². The molecule has 2 rings (SSSR count). The third kappa shape index (κ3) is 3.98. The molecule has 1 aromatic carbocycles. The number of hydrogen-bond acceptors (Lipinski definition) is 3. The number of rotatable bonds is 4. The number of anilines is 1. The number of carbonyl (C=O) groups is 1. The lowest BCUT2D eigenvalue weighted by Gasteiger charge is -2.31. The first-order valence-corrected chi connectivity index (χ1v) is 8.23. The highest BCUT2D eigenvalue weighted by atomic mass is 79.9. The Bertz CT molecular complexity index is 507. The smallest absolute Gasteiger partial charge is 0.329 e. The molecule has 5 heteroatoms. The van der Waals surface area contributed by atoms with E-state index in [1.807, 2.05) is 24.3 Å². The number of hydrogen-bond donors (Lipinski definition) is 2. The summed E-state index contributed by atoms with van der Waals surface area (Å²) < 4.78 is 0.950. The van der Waals surface area contributed by atoms with Crippen LogP contribution in [0.3, 0.4) is 0 Å². The predicted octanol–water partition coefficient (Wildman–Crippen LogP) is 3.58. The largest absolute Gasteiger partial charge is 0.480 e. The van der Waals surface area contributed by atoms with Crippen molar-refractivity contribution >= 4 is 27.6 Å². The summed E-state index contributed by atoms with van der Waals surface area (Å²) in [7, 11) is 0. The SMILES string of the molecule is CC(C)N1CCCC(Nc2cccc(Br)c2)(C(=O)O)CC1. The molecule has 1 aliphatic heterocycles. The summed E-state index contributed by atoms with van der Waals surface area (Å²) in [4.78, 5) is 14.3. The van der Waals surface area contributed by atoms with Gasteiger partial charge in [-0.2, -0.15) is 0 Å². The molecule has 2 N–H and O–H groups in total. The Labute approximate surface area is 134 Å². The second kappa shape index (κ2) is 6.79. The quantitative estimate of drug-likeness (QED) is 0.867. The number of carboxylic acids is 1. The van der Waals surface area contributed by atoms with Gasteiger partial charge in [-0.05, 0) is 57.9 Å². The van der Waals surface area contributed by atoms with Gasteiger partial charge in [-0.3, -0.25) is 0 Å². The molecule has 0 saturated carbocycles. The normalized spacial score (nSPS) is 23.8. The van der Waals surface area contributed by atoms with Crippen molar-refractivity contribution in [3.05, 3.63) is 28.7 Å². The molecular formula is C16H23BrN2O2. The first-order chi connectivity index (χ1) is 9.93. The Balaban J connectivity index is 2.19. The summed E-state index contributed by atoms with van der Waals surface area (Å²) in [5.41, 5.74) is -0.0190. The van der Waals surface area contributed by atoms with Crippen LogP contribution >= 0.6 is 15.9 Å². The Hall–Kier alpha value is -1.07. The molecule has 1 heterocycles. The minimum absolute atomic E-state index is 0.459. The lowest BCUT2D eigenvalue weighted by Crippen LogP contribution is -2.47. The van der Waals surface area contributed by atoms with Crippen LogP contribution in [-0.2, 0) is 4.79 Å². The summed E-state index contributed by atoms with van der Waals surface area (Å²) in [6.07, 6.45) is 2.16. The third-order valence-electron chi connectivity index (χ3n) is 4.22. The number of carboxylic acid groups (broad SMARTS) is 1. The van der Waals surface area contributed by atoms with Gasteiger partial charge in [-0.25, -0.2) is 4.79 Å². The van der Waals surface area contributed by atoms with Gasteiger partial charge in [0.15, 0.2) is 0 Å². The molecule has 21 heavy (non-hydrogen) atoms. The van der Waals surface area contributed by atoms with Crippen molar-refractivity contribution in [3.8, 4) is 0 Å². The van der Waals surface area contributed by atoms with Crippen LogP contribution in [0.2, 0.25) is 0 Å². The van der Waals surface area contributed by atoms with E-state index in [0.29, 0.717) is 18.9 Å². The number of benzene rings is 1. The van der Waals surface area contributed by atoms with E-state index in [4.69, 9.17) is 0 Å². The fraction of sp³-hybridized carbons (Fsp3) is 0.562. The van der Waals surface area contributed by atoms with Crippen LogP contribution < -0.4 is 5.32 Å². The van der Waals surface area contributed by atoms with Gasteiger partial charge in [0.05, 0.1) is 0 Å². The Kier molecular flexibility index (Phi) is 5.27. The minimum atomic E-state index is -0.871. The van der Waals surface area contributed by atoms with Crippen LogP contribution in [0.15, 0.2) is 28.7 Å². The van der Waals surface area contributed by atoms with Crippen molar-refractivity contribution in [1.29, 1.82) is 0 Å². The molecule has 1 unspecified atom stereocenters. The van der Waals surface area contributed by atoms with Crippen molar-refractivity contribution in [1.82, 2.24) is 4.90 Å². The highest BCUT2D eigenvalue weighted by Crippen LogP contribution is 2.29. The second-order valence-electron chi connectivity index (χ2n) is 6.01. The minimum Gasteiger partial charge on any atom is -0.480 e. The Morgan fingerprint density at radius 1 is 1.38 bits per heavy atom. The fourth-order valence-electron chi connectivity index (χ4n) is 2.91. The highest BCUT2D eigenvalue weighted by molar-refractivity contribution is 9.10. The lowest BCUT2D eigenvalue weighted by molar-refractivity contribution is -0.142. The number of halogens is 1. The van der Waals surface area contributed by atoms with Gasteiger partial charge in [0, 0.05) is 22.7 Å². The first-order valence-electron chi connectivity index (χ1n) is 7.44. The lowest BCUT2D eigenvalue weighted by atomic mass is 9.90. The molecule has 1 aromatic rings. The van der Waals surface area contributed by atoms with E-state index in [2.05, 4.69) is 40.0 Å². The average molecular weight is 355 g/mol. The molecule has 0 aliphatic carbocycles. The Morgan fingerprint density at radius 3 is 2.76 bits per heavy atom. The van der Waals surface area contributed by atoms with Crippen molar-refractivity contribution < 1.29 is 9.90 Å². The van der Waals surface area contributed by atoms with E-state index in [9.17, 15) is 9.90 Å². The molecule has 0 amide bonds. The second-order valence-corrected chi connectivity index (χ2v) is 6.92. The standard InChI is InChI=1S/C16H23BrN2O2/c1-12(2)19-9-4-7-16(8-10-19,15(20)21)18-14-6-3-5-13(17)11-14/h3,5-6,11-12,18H,4,7-10H2,1-2H3,(H,20,21). The van der Waals surface area contributed by atoms with Crippen LogP contribution in [0.25, 0.3) is 0 Å². The molecule has 1 saturated heterocycles. The summed E-state index contributed by atoms with van der Waals surface area (Å²) in [6, 6.07) is 8.15. The van der Waals surface area contributed by atoms with Crippen LogP contribution in [0.1, 0.15) is 33.1 Å². The molecule has 116 valence electrons.